The molecule has 2 aromatic heterocycles. The molecule has 0 spiro atoms. The van der Waals surface area contributed by atoms with Crippen LogP contribution in [0.3, 0.4) is 0 Å². The van der Waals surface area contributed by atoms with Crippen molar-refractivity contribution in [1.82, 2.24) is 19.1 Å². The normalized spacial score (nSPS) is 17.1. The number of nitrogens with zero attached hydrogens (tertiary/aromatic N) is 6. The van der Waals surface area contributed by atoms with Gasteiger partial charge in [-0.2, -0.15) is 10.2 Å². The van der Waals surface area contributed by atoms with E-state index in [1.807, 2.05) is 36.6 Å². The summed E-state index contributed by atoms with van der Waals surface area (Å²) in [5, 5.41) is 9.48. The second-order valence-electron chi connectivity index (χ2n) is 7.84. The van der Waals surface area contributed by atoms with E-state index in [-0.39, 0.29) is 24.2 Å². The van der Waals surface area contributed by atoms with Crippen LogP contribution in [0, 0.1) is 11.3 Å². The van der Waals surface area contributed by atoms with Crippen molar-refractivity contribution in [3.63, 3.8) is 0 Å². The number of nitriles is 1. The molecule has 0 unspecified atom stereocenters. The van der Waals surface area contributed by atoms with Crippen LogP contribution in [0.15, 0.2) is 35.4 Å². The van der Waals surface area contributed by atoms with Crippen molar-refractivity contribution in [3.05, 3.63) is 52.1 Å². The van der Waals surface area contributed by atoms with Crippen LogP contribution >= 0.6 is 0 Å². The van der Waals surface area contributed by atoms with Crippen molar-refractivity contribution >= 4 is 17.1 Å². The van der Waals surface area contributed by atoms with Gasteiger partial charge >= 0.3 is 0 Å². The molecular formula is C21H25N7O. The summed E-state index contributed by atoms with van der Waals surface area (Å²) < 4.78 is 3.51. The number of imidazole rings is 1. The fourth-order valence-corrected chi connectivity index (χ4v) is 3.92. The van der Waals surface area contributed by atoms with E-state index in [0.29, 0.717) is 29.2 Å². The lowest BCUT2D eigenvalue weighted by atomic mass is 10.1. The molecular weight excluding hydrogens is 366 g/mol. The Bertz CT molecular complexity index is 1140. The van der Waals surface area contributed by atoms with E-state index in [2.05, 4.69) is 16.0 Å². The Morgan fingerprint density at radius 2 is 2.14 bits per heavy atom. The summed E-state index contributed by atoms with van der Waals surface area (Å²) in [6.07, 6.45) is 3.58. The van der Waals surface area contributed by atoms with Crippen molar-refractivity contribution in [3.8, 4) is 6.07 Å². The van der Waals surface area contributed by atoms with Gasteiger partial charge in [0.1, 0.15) is 0 Å². The summed E-state index contributed by atoms with van der Waals surface area (Å²) in [7, 11) is 0. The summed E-state index contributed by atoms with van der Waals surface area (Å²) in [4.78, 5) is 24.8. The van der Waals surface area contributed by atoms with Crippen LogP contribution in [0.5, 0.6) is 0 Å². The number of anilines is 1. The number of rotatable bonds is 4. The van der Waals surface area contributed by atoms with Crippen LogP contribution in [-0.2, 0) is 6.54 Å². The lowest BCUT2D eigenvalue weighted by Gasteiger charge is -2.33. The van der Waals surface area contributed by atoms with Crippen LogP contribution in [0.1, 0.15) is 43.9 Å². The molecule has 0 saturated carbocycles. The van der Waals surface area contributed by atoms with Crippen LogP contribution in [0.4, 0.5) is 5.95 Å². The fourth-order valence-electron chi connectivity index (χ4n) is 3.92. The SMILES string of the molecule is CC(C)n1cnc2nc(N3CCC[C@@H](N)C3)n(Cc3ccccc3C#N)c(=O)c21. The molecule has 1 atom stereocenters. The summed E-state index contributed by atoms with van der Waals surface area (Å²) >= 11 is 0. The molecule has 1 aliphatic rings. The first-order valence-corrected chi connectivity index (χ1v) is 9.95. The molecule has 1 fully saturated rings. The third-order valence-corrected chi connectivity index (χ3v) is 5.43. The Morgan fingerprint density at radius 3 is 2.86 bits per heavy atom. The second kappa shape index (κ2) is 7.68. The molecule has 150 valence electrons. The average Bonchev–Trinajstić information content (AvgIpc) is 3.15. The molecule has 3 heterocycles. The van der Waals surface area contributed by atoms with E-state index in [1.54, 1.807) is 17.0 Å². The van der Waals surface area contributed by atoms with Crippen LogP contribution in [0.2, 0.25) is 0 Å². The van der Waals surface area contributed by atoms with Gasteiger partial charge < -0.3 is 15.2 Å². The Labute approximate surface area is 169 Å². The Hall–Kier alpha value is -3.18. The van der Waals surface area contributed by atoms with Crippen molar-refractivity contribution in [2.45, 2.75) is 45.3 Å². The molecule has 4 rings (SSSR count). The molecule has 3 aromatic rings. The van der Waals surface area contributed by atoms with Gasteiger partial charge in [0.15, 0.2) is 11.2 Å². The molecule has 1 aromatic carbocycles. The van der Waals surface area contributed by atoms with Crippen molar-refractivity contribution in [2.24, 2.45) is 5.73 Å². The van der Waals surface area contributed by atoms with Gasteiger partial charge in [-0.3, -0.25) is 9.36 Å². The molecule has 29 heavy (non-hydrogen) atoms. The molecule has 8 nitrogen and oxygen atoms in total. The van der Waals surface area contributed by atoms with Crippen molar-refractivity contribution in [2.75, 3.05) is 18.0 Å². The Balaban J connectivity index is 1.92. The van der Waals surface area contributed by atoms with Gasteiger partial charge in [0.05, 0.1) is 24.5 Å². The molecule has 1 saturated heterocycles. The lowest BCUT2D eigenvalue weighted by molar-refractivity contribution is 0.491. The van der Waals surface area contributed by atoms with Gasteiger partial charge in [0, 0.05) is 25.2 Å². The summed E-state index contributed by atoms with van der Waals surface area (Å²) in [6.45, 7) is 5.72. The minimum absolute atomic E-state index is 0.0458. The van der Waals surface area contributed by atoms with Crippen LogP contribution in [0.25, 0.3) is 11.2 Å². The zero-order valence-electron chi connectivity index (χ0n) is 16.7. The monoisotopic (exact) mass is 391 g/mol. The molecule has 0 aliphatic carbocycles. The third kappa shape index (κ3) is 3.49. The highest BCUT2D eigenvalue weighted by molar-refractivity contribution is 5.71. The van der Waals surface area contributed by atoms with Gasteiger partial charge in [-0.15, -0.1) is 0 Å². The molecule has 0 bridgehead atoms. The van der Waals surface area contributed by atoms with Crippen molar-refractivity contribution in [1.29, 1.82) is 5.26 Å². The summed E-state index contributed by atoms with van der Waals surface area (Å²) in [5.74, 6) is 0.569. The minimum Gasteiger partial charge on any atom is -0.341 e. The number of fused-ring (bicyclic) bond motifs is 1. The van der Waals surface area contributed by atoms with Crippen LogP contribution < -0.4 is 16.2 Å². The van der Waals surface area contributed by atoms with E-state index in [1.165, 1.54) is 0 Å². The van der Waals surface area contributed by atoms with Gasteiger partial charge in [0.25, 0.3) is 5.56 Å². The number of hydrogen-bond donors (Lipinski definition) is 1. The first-order valence-electron chi connectivity index (χ1n) is 9.95. The van der Waals surface area contributed by atoms with E-state index in [4.69, 9.17) is 10.7 Å². The molecule has 0 amide bonds. The number of hydrogen-bond acceptors (Lipinski definition) is 6. The number of piperidine rings is 1. The van der Waals surface area contributed by atoms with Gasteiger partial charge in [0.2, 0.25) is 5.95 Å². The highest BCUT2D eigenvalue weighted by atomic mass is 16.1. The predicted octanol–water partition coefficient (Wildman–Crippen LogP) is 2.02. The lowest BCUT2D eigenvalue weighted by Crippen LogP contribution is -2.45. The Morgan fingerprint density at radius 1 is 1.34 bits per heavy atom. The standard InChI is InChI=1S/C21H25N7O/c1-14(2)28-13-24-19-18(28)20(29)27(11-16-7-4-3-6-15(16)10-22)21(25-19)26-9-5-8-17(23)12-26/h3-4,6-7,13-14,17H,5,8-9,11-12,23H2,1-2H3/t17-/m1/s1. The minimum atomic E-state index is -0.150. The second-order valence-corrected chi connectivity index (χ2v) is 7.84. The average molecular weight is 391 g/mol. The molecule has 1 aliphatic heterocycles. The number of nitrogens with two attached hydrogens (primary N) is 1. The van der Waals surface area contributed by atoms with Crippen LogP contribution in [-0.4, -0.2) is 38.2 Å². The predicted molar refractivity (Wildman–Crippen MR) is 112 cm³/mol. The summed E-state index contributed by atoms with van der Waals surface area (Å²) in [5.41, 5.74) is 8.31. The zero-order chi connectivity index (χ0) is 20.5. The number of aromatic nitrogens is 4. The third-order valence-electron chi connectivity index (χ3n) is 5.43. The first-order chi connectivity index (χ1) is 14.0. The van der Waals surface area contributed by atoms with Crippen molar-refractivity contribution < 1.29 is 0 Å². The van der Waals surface area contributed by atoms with E-state index < -0.39 is 0 Å². The maximum absolute atomic E-state index is 13.6. The van der Waals surface area contributed by atoms with Gasteiger partial charge in [-0.05, 0) is 38.3 Å². The van der Waals surface area contributed by atoms with E-state index in [9.17, 15) is 10.1 Å². The first kappa shape index (κ1) is 19.2. The molecule has 2 N–H and O–H groups in total. The topological polar surface area (TPSA) is 106 Å². The van der Waals surface area contributed by atoms with Gasteiger partial charge in [-0.1, -0.05) is 18.2 Å². The molecule has 8 heteroatoms. The number of benzene rings is 1. The Kier molecular flexibility index (Phi) is 5.07. The maximum Gasteiger partial charge on any atom is 0.281 e. The smallest absolute Gasteiger partial charge is 0.281 e. The zero-order valence-corrected chi connectivity index (χ0v) is 16.7. The fraction of sp³-hybridized carbons (Fsp3) is 0.429. The van der Waals surface area contributed by atoms with Gasteiger partial charge in [-0.25, -0.2) is 4.98 Å². The summed E-state index contributed by atoms with van der Waals surface area (Å²) in [6, 6.07) is 9.69. The van der Waals surface area contributed by atoms with E-state index >= 15 is 0 Å². The largest absolute Gasteiger partial charge is 0.341 e. The highest BCUT2D eigenvalue weighted by Crippen LogP contribution is 2.22. The molecule has 0 radical (unpaired) electrons. The highest BCUT2D eigenvalue weighted by Gasteiger charge is 2.25. The van der Waals surface area contributed by atoms with E-state index in [0.717, 1.165) is 24.9 Å². The quantitative estimate of drug-likeness (QED) is 0.729. The maximum atomic E-state index is 13.6.